The van der Waals surface area contributed by atoms with E-state index in [1.165, 1.54) is 6.08 Å². The van der Waals surface area contributed by atoms with Gasteiger partial charge in [0.15, 0.2) is 0 Å². The van der Waals surface area contributed by atoms with Gasteiger partial charge >= 0.3 is 0 Å². The van der Waals surface area contributed by atoms with Gasteiger partial charge in [0.25, 0.3) is 0 Å². The molecule has 5 heteroatoms. The van der Waals surface area contributed by atoms with Gasteiger partial charge in [0, 0.05) is 23.2 Å². The van der Waals surface area contributed by atoms with Gasteiger partial charge in [-0.2, -0.15) is 0 Å². The smallest absolute Gasteiger partial charge is 0.120 e. The van der Waals surface area contributed by atoms with E-state index in [9.17, 15) is 4.39 Å². The predicted octanol–water partition coefficient (Wildman–Crippen LogP) is 3.75. The molecule has 1 unspecified atom stereocenters. The number of nitrogens with zero attached hydrogens (tertiary/aromatic N) is 1. The fraction of sp³-hybridized carbons (Fsp3) is 0.214. The van der Waals surface area contributed by atoms with E-state index in [2.05, 4.69) is 10.3 Å². The molecule has 0 amide bonds. The molecule has 2 heterocycles. The molecule has 0 aromatic heterocycles. The molecule has 0 spiro atoms. The number of hydrogen-bond donors (Lipinski definition) is 1. The normalized spacial score (nSPS) is 21.1. The van der Waals surface area contributed by atoms with Crippen LogP contribution in [0.3, 0.4) is 0 Å². The fourth-order valence-corrected chi connectivity index (χ4v) is 3.10. The van der Waals surface area contributed by atoms with Crippen LogP contribution in [0.1, 0.15) is 6.42 Å². The number of halogens is 1. The predicted molar refractivity (Wildman–Crippen MR) is 76.6 cm³/mol. The highest BCUT2D eigenvalue weighted by atomic mass is 32.2. The van der Waals surface area contributed by atoms with E-state index in [1.54, 1.807) is 31.2 Å². The first-order valence-corrected chi connectivity index (χ1v) is 6.84. The lowest BCUT2D eigenvalue weighted by molar-refractivity contribution is 0.414. The number of hydrogen-bond acceptors (Lipinski definition) is 4. The van der Waals surface area contributed by atoms with Crippen molar-refractivity contribution in [2.75, 3.05) is 12.4 Å². The van der Waals surface area contributed by atoms with Crippen LogP contribution in [0.2, 0.25) is 0 Å². The number of aliphatic imine (C=N–C) groups is 1. The van der Waals surface area contributed by atoms with Crippen molar-refractivity contribution in [1.29, 1.82) is 0 Å². The average Bonchev–Trinajstić information content (AvgIpc) is 2.73. The number of thioether (sulfide) groups is 1. The maximum Gasteiger partial charge on any atom is 0.120 e. The van der Waals surface area contributed by atoms with Crippen molar-refractivity contribution in [1.82, 2.24) is 0 Å². The molecule has 3 nitrogen and oxygen atoms in total. The Morgan fingerprint density at radius 1 is 1.42 bits per heavy atom. The lowest BCUT2D eigenvalue weighted by Crippen LogP contribution is -2.11. The van der Waals surface area contributed by atoms with Crippen molar-refractivity contribution in [3.05, 3.63) is 41.9 Å². The van der Waals surface area contributed by atoms with Crippen LogP contribution in [0.4, 0.5) is 10.1 Å². The van der Waals surface area contributed by atoms with Gasteiger partial charge in [-0.05, 0) is 30.4 Å². The summed E-state index contributed by atoms with van der Waals surface area (Å²) in [7, 11) is 1.65. The van der Waals surface area contributed by atoms with Gasteiger partial charge in [-0.25, -0.2) is 4.39 Å². The third kappa shape index (κ3) is 2.51. The third-order valence-electron chi connectivity index (χ3n) is 2.95. The van der Waals surface area contributed by atoms with E-state index < -0.39 is 0 Å². The first kappa shape index (κ1) is 12.3. The zero-order valence-electron chi connectivity index (χ0n) is 10.4. The second-order valence-electron chi connectivity index (χ2n) is 4.23. The molecule has 0 saturated heterocycles. The molecular weight excluding hydrogens is 263 g/mol. The van der Waals surface area contributed by atoms with E-state index >= 15 is 0 Å². The lowest BCUT2D eigenvalue weighted by atomic mass is 10.3. The van der Waals surface area contributed by atoms with Crippen LogP contribution in [-0.2, 0) is 0 Å². The maximum atomic E-state index is 13.1. The zero-order chi connectivity index (χ0) is 13.2. The van der Waals surface area contributed by atoms with Crippen LogP contribution in [-0.4, -0.2) is 18.7 Å². The molecule has 0 aliphatic carbocycles. The van der Waals surface area contributed by atoms with Crippen LogP contribution < -0.4 is 10.1 Å². The van der Waals surface area contributed by atoms with Crippen molar-refractivity contribution in [3.63, 3.8) is 0 Å². The van der Waals surface area contributed by atoms with Crippen molar-refractivity contribution in [2.45, 2.75) is 16.7 Å². The average molecular weight is 276 g/mol. The first-order chi connectivity index (χ1) is 9.26. The number of ether oxygens (including phenoxy) is 1. The van der Waals surface area contributed by atoms with Crippen LogP contribution >= 0.6 is 11.8 Å². The molecule has 1 aromatic rings. The highest BCUT2D eigenvalue weighted by Crippen LogP contribution is 2.43. The highest BCUT2D eigenvalue weighted by Gasteiger charge is 2.25. The van der Waals surface area contributed by atoms with Gasteiger partial charge in [-0.3, -0.25) is 4.99 Å². The second-order valence-corrected chi connectivity index (χ2v) is 5.37. The molecule has 1 aromatic carbocycles. The van der Waals surface area contributed by atoms with Crippen molar-refractivity contribution < 1.29 is 9.13 Å². The Morgan fingerprint density at radius 3 is 3.16 bits per heavy atom. The monoisotopic (exact) mass is 276 g/mol. The minimum atomic E-state index is -0.166. The van der Waals surface area contributed by atoms with E-state index in [1.807, 2.05) is 18.2 Å². The number of allylic oxidation sites excluding steroid dienone is 3. The molecule has 98 valence electrons. The molecule has 0 radical (unpaired) electrons. The molecule has 2 aliphatic rings. The van der Waals surface area contributed by atoms with E-state index in [4.69, 9.17) is 4.74 Å². The number of anilines is 1. The molecule has 0 bridgehead atoms. The minimum absolute atomic E-state index is 0.0144. The van der Waals surface area contributed by atoms with Crippen LogP contribution in [0, 0.1) is 0 Å². The molecular formula is C14H13FN2OS. The van der Waals surface area contributed by atoms with Crippen molar-refractivity contribution in [2.24, 2.45) is 4.99 Å². The second kappa shape index (κ2) is 5.09. The Bertz CT molecular complexity index is 595. The molecule has 3 rings (SSSR count). The van der Waals surface area contributed by atoms with E-state index in [-0.39, 0.29) is 17.6 Å². The standard InChI is InChI=1S/C14H13FN2OS/c1-18-10-3-5-11-13(8-10)19-14(17-11)12-4-2-9(15)6-7-16-12/h2-5,7-8,14,17H,6H2,1H3. The molecule has 19 heavy (non-hydrogen) atoms. The largest absolute Gasteiger partial charge is 0.497 e. The summed E-state index contributed by atoms with van der Waals surface area (Å²) in [4.78, 5) is 5.43. The summed E-state index contributed by atoms with van der Waals surface area (Å²) in [5.74, 6) is 0.666. The highest BCUT2D eigenvalue weighted by molar-refractivity contribution is 8.00. The summed E-state index contributed by atoms with van der Waals surface area (Å²) >= 11 is 1.66. The topological polar surface area (TPSA) is 33.6 Å². The minimum Gasteiger partial charge on any atom is -0.497 e. The summed E-state index contributed by atoms with van der Waals surface area (Å²) in [6, 6.07) is 5.89. The molecule has 2 aliphatic heterocycles. The SMILES string of the molecule is COc1ccc2c(c1)SC(C1=CC=C(F)CC=N1)N2. The number of benzene rings is 1. The van der Waals surface area contributed by atoms with E-state index in [0.717, 1.165) is 22.0 Å². The van der Waals surface area contributed by atoms with Crippen LogP contribution in [0.25, 0.3) is 0 Å². The quantitative estimate of drug-likeness (QED) is 0.893. The van der Waals surface area contributed by atoms with E-state index in [0.29, 0.717) is 0 Å². The summed E-state index contributed by atoms with van der Waals surface area (Å²) in [6.45, 7) is 0. The summed E-state index contributed by atoms with van der Waals surface area (Å²) in [6.07, 6.45) is 5.08. The van der Waals surface area contributed by atoms with Gasteiger partial charge in [0.05, 0.1) is 12.8 Å². The summed E-state index contributed by atoms with van der Waals surface area (Å²) in [5.41, 5.74) is 1.88. The zero-order valence-corrected chi connectivity index (χ0v) is 11.2. The maximum absolute atomic E-state index is 13.1. The Kier molecular flexibility index (Phi) is 3.29. The van der Waals surface area contributed by atoms with Gasteiger partial charge in [0.2, 0.25) is 0 Å². The number of fused-ring (bicyclic) bond motifs is 1. The Morgan fingerprint density at radius 2 is 2.32 bits per heavy atom. The molecule has 0 saturated carbocycles. The Labute approximate surface area is 115 Å². The summed E-state index contributed by atoms with van der Waals surface area (Å²) < 4.78 is 18.4. The third-order valence-corrected chi connectivity index (χ3v) is 4.14. The Hall–Kier alpha value is -1.75. The fourth-order valence-electron chi connectivity index (χ4n) is 1.96. The van der Waals surface area contributed by atoms with Crippen LogP contribution in [0.5, 0.6) is 5.75 Å². The Balaban J connectivity index is 1.84. The van der Waals surface area contributed by atoms with Gasteiger partial charge in [0.1, 0.15) is 17.0 Å². The summed E-state index contributed by atoms with van der Waals surface area (Å²) in [5, 5.41) is 3.39. The van der Waals surface area contributed by atoms with Crippen LogP contribution in [0.15, 0.2) is 51.8 Å². The van der Waals surface area contributed by atoms with Crippen molar-refractivity contribution in [3.8, 4) is 5.75 Å². The first-order valence-electron chi connectivity index (χ1n) is 5.96. The number of nitrogens with one attached hydrogen (secondary N) is 1. The number of methoxy groups -OCH3 is 1. The van der Waals surface area contributed by atoms with Gasteiger partial charge in [-0.1, -0.05) is 11.8 Å². The number of rotatable bonds is 2. The molecule has 1 atom stereocenters. The van der Waals surface area contributed by atoms with Gasteiger partial charge in [-0.15, -0.1) is 0 Å². The molecule has 1 N–H and O–H groups in total. The lowest BCUT2D eigenvalue weighted by Gasteiger charge is -2.09. The van der Waals surface area contributed by atoms with Crippen molar-refractivity contribution >= 4 is 23.7 Å². The molecule has 0 fully saturated rings. The van der Waals surface area contributed by atoms with Gasteiger partial charge < -0.3 is 10.1 Å².